The molecule has 10 heteroatoms. The number of alkyl halides is 3. The molecule has 0 aliphatic carbocycles. The topological polar surface area (TPSA) is 72.4 Å². The molecule has 0 aliphatic rings. The Hall–Kier alpha value is -4.24. The van der Waals surface area contributed by atoms with Crippen molar-refractivity contribution in [2.45, 2.75) is 19.1 Å². The molecule has 196 valence electrons. The Balaban J connectivity index is 1.45. The number of nitrogens with one attached hydrogen (secondary N) is 2. The van der Waals surface area contributed by atoms with E-state index in [0.717, 1.165) is 17.7 Å². The molecule has 4 aromatic rings. The molecule has 0 fully saturated rings. The number of hydrogen-bond donors (Lipinski definition) is 2. The van der Waals surface area contributed by atoms with Gasteiger partial charge in [0.1, 0.15) is 0 Å². The summed E-state index contributed by atoms with van der Waals surface area (Å²) < 4.78 is 45.7. The van der Waals surface area contributed by atoms with Crippen LogP contribution in [0.2, 0.25) is 5.02 Å². The largest absolute Gasteiger partial charge is 0.416 e. The third-order valence-corrected chi connectivity index (χ3v) is 6.07. The number of ether oxygens (including phenoxy) is 1. The maximum Gasteiger partial charge on any atom is 0.416 e. The number of aryl methyl sites for hydroxylation is 1. The van der Waals surface area contributed by atoms with Gasteiger partial charge in [-0.3, -0.25) is 4.79 Å². The molecule has 0 saturated heterocycles. The van der Waals surface area contributed by atoms with E-state index in [1.807, 2.05) is 0 Å². The fourth-order valence-corrected chi connectivity index (χ4v) is 3.95. The van der Waals surface area contributed by atoms with Crippen LogP contribution < -0.4 is 15.4 Å². The molecule has 1 aromatic heterocycles. The molecule has 2 amide bonds. The lowest BCUT2D eigenvalue weighted by molar-refractivity contribution is -0.137. The lowest BCUT2D eigenvalue weighted by Crippen LogP contribution is -2.30. The first-order valence-electron chi connectivity index (χ1n) is 11.5. The van der Waals surface area contributed by atoms with Crippen molar-refractivity contribution in [2.75, 3.05) is 5.32 Å². The van der Waals surface area contributed by atoms with E-state index in [0.29, 0.717) is 21.8 Å². The summed E-state index contributed by atoms with van der Waals surface area (Å²) in [6.07, 6.45) is -3.56. The van der Waals surface area contributed by atoms with Crippen LogP contribution in [0.4, 0.5) is 23.7 Å². The Morgan fingerprint density at radius 2 is 1.63 bits per heavy atom. The third-order valence-electron chi connectivity index (χ3n) is 5.81. The Kier molecular flexibility index (Phi) is 7.78. The van der Waals surface area contributed by atoms with Gasteiger partial charge in [0.2, 0.25) is 5.88 Å². The van der Waals surface area contributed by atoms with Gasteiger partial charge in [-0.05, 0) is 53.9 Å². The zero-order valence-corrected chi connectivity index (χ0v) is 21.1. The minimum Gasteiger partial charge on any atom is -0.393 e. The molecule has 1 atom stereocenters. The Morgan fingerprint density at radius 1 is 0.974 bits per heavy atom. The van der Waals surface area contributed by atoms with E-state index in [2.05, 4.69) is 10.6 Å². The van der Waals surface area contributed by atoms with Crippen LogP contribution in [0.5, 0.6) is 5.88 Å². The van der Waals surface area contributed by atoms with Crippen LogP contribution >= 0.6 is 11.6 Å². The summed E-state index contributed by atoms with van der Waals surface area (Å²) >= 11 is 5.90. The van der Waals surface area contributed by atoms with Crippen molar-refractivity contribution in [3.63, 3.8) is 0 Å². The summed E-state index contributed by atoms with van der Waals surface area (Å²) in [5.41, 5.74) is 1.65. The van der Waals surface area contributed by atoms with E-state index in [-0.39, 0.29) is 17.5 Å². The molecule has 2 N–H and O–H groups in total. The van der Waals surface area contributed by atoms with E-state index in [1.165, 1.54) is 22.8 Å². The van der Waals surface area contributed by atoms with Gasteiger partial charge < -0.3 is 19.9 Å². The molecule has 0 aliphatic heterocycles. The van der Waals surface area contributed by atoms with Crippen molar-refractivity contribution in [3.8, 4) is 17.0 Å². The van der Waals surface area contributed by atoms with Gasteiger partial charge in [0.05, 0.1) is 17.3 Å². The summed E-state index contributed by atoms with van der Waals surface area (Å²) in [4.78, 5) is 25.5. The number of nitrogens with zero attached hydrogens (tertiary/aromatic N) is 1. The number of benzene rings is 3. The number of anilines is 1. The summed E-state index contributed by atoms with van der Waals surface area (Å²) in [7, 11) is 1.65. The SMILES string of the molecule is C[C@H](NC(=O)Oc1cc(NC(=O)c2ccccc2-c2ccc(C(F)(F)F)cc2)cn1C)c1ccc(Cl)cc1. The Bertz CT molecular complexity index is 1450. The first-order valence-corrected chi connectivity index (χ1v) is 11.9. The molecular weight excluding hydrogens is 519 g/mol. The zero-order chi connectivity index (χ0) is 27.4. The number of aromatic nitrogens is 1. The molecule has 38 heavy (non-hydrogen) atoms. The van der Waals surface area contributed by atoms with Crippen molar-refractivity contribution in [3.05, 3.63) is 107 Å². The van der Waals surface area contributed by atoms with Gasteiger partial charge in [-0.1, -0.05) is 54.1 Å². The second-order valence-corrected chi connectivity index (χ2v) is 9.00. The lowest BCUT2D eigenvalue weighted by atomic mass is 9.98. The molecule has 3 aromatic carbocycles. The van der Waals surface area contributed by atoms with Gasteiger partial charge in [0, 0.05) is 29.9 Å². The van der Waals surface area contributed by atoms with Gasteiger partial charge in [0.25, 0.3) is 5.91 Å². The molecule has 0 spiro atoms. The highest BCUT2D eigenvalue weighted by molar-refractivity contribution is 6.30. The zero-order valence-electron chi connectivity index (χ0n) is 20.3. The van der Waals surface area contributed by atoms with E-state index >= 15 is 0 Å². The van der Waals surface area contributed by atoms with Crippen molar-refractivity contribution in [1.29, 1.82) is 0 Å². The molecule has 0 bridgehead atoms. The van der Waals surface area contributed by atoms with Crippen LogP contribution in [-0.2, 0) is 13.2 Å². The molecule has 0 radical (unpaired) electrons. The van der Waals surface area contributed by atoms with Crippen LogP contribution in [0.25, 0.3) is 11.1 Å². The number of carbonyl (C=O) groups is 2. The number of rotatable bonds is 6. The van der Waals surface area contributed by atoms with Gasteiger partial charge in [0.15, 0.2) is 0 Å². The fourth-order valence-electron chi connectivity index (χ4n) is 3.82. The van der Waals surface area contributed by atoms with Crippen LogP contribution in [-0.4, -0.2) is 16.6 Å². The van der Waals surface area contributed by atoms with Crippen LogP contribution in [0.3, 0.4) is 0 Å². The predicted octanol–water partition coefficient (Wildman–Crippen LogP) is 7.47. The molecule has 4 rings (SSSR count). The van der Waals surface area contributed by atoms with E-state index < -0.39 is 23.7 Å². The highest BCUT2D eigenvalue weighted by atomic mass is 35.5. The van der Waals surface area contributed by atoms with E-state index in [4.69, 9.17) is 16.3 Å². The summed E-state index contributed by atoms with van der Waals surface area (Å²) in [6.45, 7) is 1.80. The first-order chi connectivity index (χ1) is 18.0. The minimum atomic E-state index is -4.45. The number of halogens is 4. The van der Waals surface area contributed by atoms with E-state index in [1.54, 1.807) is 68.7 Å². The number of amides is 2. The smallest absolute Gasteiger partial charge is 0.393 e. The molecule has 1 heterocycles. The average molecular weight is 542 g/mol. The first kappa shape index (κ1) is 26.8. The maximum atomic E-state index is 13.1. The predicted molar refractivity (Wildman–Crippen MR) is 139 cm³/mol. The maximum absolute atomic E-state index is 13.1. The highest BCUT2D eigenvalue weighted by Gasteiger charge is 2.30. The van der Waals surface area contributed by atoms with Crippen molar-refractivity contribution in [2.24, 2.45) is 7.05 Å². The van der Waals surface area contributed by atoms with Crippen molar-refractivity contribution in [1.82, 2.24) is 9.88 Å². The van der Waals surface area contributed by atoms with Crippen molar-refractivity contribution >= 4 is 29.3 Å². The van der Waals surface area contributed by atoms with Gasteiger partial charge in [-0.15, -0.1) is 0 Å². The third kappa shape index (κ3) is 6.36. The second kappa shape index (κ2) is 11.0. The quantitative estimate of drug-likeness (QED) is 0.266. The molecule has 0 saturated carbocycles. The van der Waals surface area contributed by atoms with Gasteiger partial charge in [-0.2, -0.15) is 13.2 Å². The van der Waals surface area contributed by atoms with Crippen LogP contribution in [0.15, 0.2) is 85.1 Å². The number of carbonyl (C=O) groups excluding carboxylic acids is 2. The Labute approximate surface area is 222 Å². The van der Waals surface area contributed by atoms with Gasteiger partial charge >= 0.3 is 12.3 Å². The monoisotopic (exact) mass is 541 g/mol. The highest BCUT2D eigenvalue weighted by Crippen LogP contribution is 2.32. The lowest BCUT2D eigenvalue weighted by Gasteiger charge is -2.14. The normalized spacial score (nSPS) is 12.1. The minimum absolute atomic E-state index is 0.192. The van der Waals surface area contributed by atoms with E-state index in [9.17, 15) is 22.8 Å². The summed E-state index contributed by atoms with van der Waals surface area (Å²) in [6, 6.07) is 19.4. The summed E-state index contributed by atoms with van der Waals surface area (Å²) in [5, 5.41) is 6.06. The average Bonchev–Trinajstić information content (AvgIpc) is 3.21. The molecule has 0 unspecified atom stereocenters. The van der Waals surface area contributed by atoms with Gasteiger partial charge in [-0.25, -0.2) is 4.79 Å². The summed E-state index contributed by atoms with van der Waals surface area (Å²) in [5.74, 6) is -0.282. The molecule has 6 nitrogen and oxygen atoms in total. The molecular formula is C28H23ClF3N3O3. The Morgan fingerprint density at radius 3 is 2.29 bits per heavy atom. The second-order valence-electron chi connectivity index (χ2n) is 8.56. The number of hydrogen-bond acceptors (Lipinski definition) is 3. The van der Waals surface area contributed by atoms with Crippen molar-refractivity contribution < 1.29 is 27.5 Å². The fraction of sp³-hybridized carbons (Fsp3) is 0.143. The van der Waals surface area contributed by atoms with Crippen LogP contribution in [0.1, 0.15) is 34.5 Å². The van der Waals surface area contributed by atoms with Crippen LogP contribution in [0, 0.1) is 0 Å². The standard InChI is InChI=1S/C28H23ClF3N3O3/c1-17(18-9-13-21(29)14-10-18)33-27(37)38-25-15-22(16-35(25)2)34-26(36)24-6-4-3-5-23(24)19-7-11-20(12-8-19)28(30,31)32/h3-17H,1-2H3,(H,33,37)(H,34,36)/t17-/m0/s1.